The van der Waals surface area contributed by atoms with Crippen LogP contribution in [0, 0.1) is 5.82 Å². The summed E-state index contributed by atoms with van der Waals surface area (Å²) < 4.78 is 60.4. The van der Waals surface area contributed by atoms with Gasteiger partial charge in [0.15, 0.2) is 0 Å². The minimum Gasteiger partial charge on any atom is -0.465 e. The molecule has 0 bridgehead atoms. The molecule has 0 saturated carbocycles. The number of nitrogens with one attached hydrogen (secondary N) is 2. The van der Waals surface area contributed by atoms with Crippen molar-refractivity contribution in [1.82, 2.24) is 14.9 Å². The van der Waals surface area contributed by atoms with Gasteiger partial charge in [0.1, 0.15) is 5.82 Å². The first-order chi connectivity index (χ1) is 18.0. The van der Waals surface area contributed by atoms with Crippen LogP contribution in [0.25, 0.3) is 11.0 Å². The second kappa shape index (κ2) is 8.87. The molecule has 0 saturated heterocycles. The minimum absolute atomic E-state index is 0.0325. The van der Waals surface area contributed by atoms with Crippen LogP contribution in [0.3, 0.4) is 0 Å². The number of amides is 2. The van der Waals surface area contributed by atoms with Crippen LogP contribution >= 0.6 is 0 Å². The standard InChI is InChI=1S/C25H16F4N4O5/c26-17-8-4-1-5-13(17)12-33-20(34)15-6-2-3-7-16(15)24(33,38-21(35)25(27,28)29)14-9-10-18-19(11-14)31-22(30-18)32-23(36)37/h1-11H,12H2,(H,36,37)(H2,30,31,32). The molecule has 0 aliphatic carbocycles. The van der Waals surface area contributed by atoms with Crippen LogP contribution in [-0.2, 0) is 21.8 Å². The van der Waals surface area contributed by atoms with E-state index in [2.05, 4.69) is 9.97 Å². The number of anilines is 1. The highest BCUT2D eigenvalue weighted by Crippen LogP contribution is 2.47. The lowest BCUT2D eigenvalue weighted by Gasteiger charge is -2.39. The molecule has 1 aliphatic heterocycles. The number of aromatic amines is 1. The highest BCUT2D eigenvalue weighted by atomic mass is 19.4. The van der Waals surface area contributed by atoms with Crippen molar-refractivity contribution in [2.24, 2.45) is 0 Å². The molecule has 1 aliphatic rings. The van der Waals surface area contributed by atoms with E-state index in [0.717, 1.165) is 11.0 Å². The summed E-state index contributed by atoms with van der Waals surface area (Å²) in [6.45, 7) is -0.546. The quantitative estimate of drug-likeness (QED) is 0.254. The number of aromatic nitrogens is 2. The van der Waals surface area contributed by atoms with E-state index >= 15 is 0 Å². The van der Waals surface area contributed by atoms with Crippen molar-refractivity contribution in [3.8, 4) is 0 Å². The first kappa shape index (κ1) is 24.7. The lowest BCUT2D eigenvalue weighted by molar-refractivity contribution is -0.222. The normalized spacial score (nSPS) is 16.9. The summed E-state index contributed by atoms with van der Waals surface area (Å²) >= 11 is 0. The van der Waals surface area contributed by atoms with Gasteiger partial charge in [0.05, 0.1) is 17.6 Å². The van der Waals surface area contributed by atoms with Crippen molar-refractivity contribution in [3.05, 3.63) is 94.8 Å². The molecular weight excluding hydrogens is 512 g/mol. The molecule has 38 heavy (non-hydrogen) atoms. The zero-order valence-electron chi connectivity index (χ0n) is 19.0. The molecule has 3 aromatic carbocycles. The predicted molar refractivity (Wildman–Crippen MR) is 123 cm³/mol. The molecule has 5 rings (SSSR count). The number of H-pyrrole nitrogens is 1. The number of carboxylic acid groups (broad SMARTS) is 1. The number of carbonyl (C=O) groups excluding carboxylic acids is 2. The molecule has 1 atom stereocenters. The maximum Gasteiger partial charge on any atom is 0.491 e. The number of carbonyl (C=O) groups is 3. The Morgan fingerprint density at radius 3 is 2.50 bits per heavy atom. The number of hydrogen-bond donors (Lipinski definition) is 3. The molecule has 194 valence electrons. The second-order valence-electron chi connectivity index (χ2n) is 8.31. The number of fused-ring (bicyclic) bond motifs is 2. The second-order valence-corrected chi connectivity index (χ2v) is 8.31. The Morgan fingerprint density at radius 2 is 1.79 bits per heavy atom. The Labute approximate surface area is 210 Å². The summed E-state index contributed by atoms with van der Waals surface area (Å²) in [7, 11) is 0. The third-order valence-corrected chi connectivity index (χ3v) is 6.01. The fraction of sp³-hybridized carbons (Fsp3) is 0.120. The van der Waals surface area contributed by atoms with E-state index in [-0.39, 0.29) is 33.7 Å². The summed E-state index contributed by atoms with van der Waals surface area (Å²) in [4.78, 5) is 44.5. The van der Waals surface area contributed by atoms with Gasteiger partial charge in [-0.1, -0.05) is 42.5 Å². The number of ether oxygens (including phenoxy) is 1. The average molecular weight is 528 g/mol. The molecule has 0 radical (unpaired) electrons. The van der Waals surface area contributed by atoms with Crippen molar-refractivity contribution in [2.45, 2.75) is 18.4 Å². The van der Waals surface area contributed by atoms with Gasteiger partial charge >= 0.3 is 18.2 Å². The Balaban J connectivity index is 1.76. The highest BCUT2D eigenvalue weighted by Gasteiger charge is 2.57. The first-order valence-corrected chi connectivity index (χ1v) is 11.0. The van der Waals surface area contributed by atoms with Crippen LogP contribution in [0.2, 0.25) is 0 Å². The fourth-order valence-electron chi connectivity index (χ4n) is 4.43. The maximum atomic E-state index is 14.6. The average Bonchev–Trinajstić information content (AvgIpc) is 3.36. The van der Waals surface area contributed by atoms with Gasteiger partial charge in [-0.2, -0.15) is 13.2 Å². The van der Waals surface area contributed by atoms with Gasteiger partial charge in [-0.05, 0) is 24.3 Å². The monoisotopic (exact) mass is 528 g/mol. The zero-order valence-corrected chi connectivity index (χ0v) is 19.0. The Kier molecular flexibility index (Phi) is 5.77. The van der Waals surface area contributed by atoms with Crippen molar-refractivity contribution < 1.29 is 41.8 Å². The number of nitrogens with zero attached hydrogens (tertiary/aromatic N) is 2. The Bertz CT molecular complexity index is 1600. The van der Waals surface area contributed by atoms with Crippen LogP contribution < -0.4 is 5.32 Å². The van der Waals surface area contributed by atoms with Gasteiger partial charge in [0.25, 0.3) is 5.91 Å². The molecule has 1 aromatic heterocycles. The SMILES string of the molecule is O=C(O)Nc1nc2cc(C3(OC(=O)C(F)(F)F)c4ccccc4C(=O)N3Cc3ccccc3F)ccc2[nH]1. The van der Waals surface area contributed by atoms with Crippen LogP contribution in [0.5, 0.6) is 0 Å². The Morgan fingerprint density at radius 1 is 1.08 bits per heavy atom. The minimum atomic E-state index is -5.42. The number of esters is 1. The van der Waals surface area contributed by atoms with Crippen LogP contribution in [-0.4, -0.2) is 44.1 Å². The van der Waals surface area contributed by atoms with Crippen molar-refractivity contribution in [3.63, 3.8) is 0 Å². The lowest BCUT2D eigenvalue weighted by Crippen LogP contribution is -2.49. The molecular formula is C25H16F4N4O5. The van der Waals surface area contributed by atoms with E-state index in [4.69, 9.17) is 9.84 Å². The molecule has 9 nitrogen and oxygen atoms in total. The number of rotatable bonds is 5. The van der Waals surface area contributed by atoms with Crippen molar-refractivity contribution in [2.75, 3.05) is 5.32 Å². The smallest absolute Gasteiger partial charge is 0.465 e. The van der Waals surface area contributed by atoms with Gasteiger partial charge in [-0.15, -0.1) is 0 Å². The summed E-state index contributed by atoms with van der Waals surface area (Å²) in [5.74, 6) is -4.26. The van der Waals surface area contributed by atoms with Crippen LogP contribution in [0.4, 0.5) is 28.3 Å². The topological polar surface area (TPSA) is 125 Å². The first-order valence-electron chi connectivity index (χ1n) is 11.0. The molecule has 3 N–H and O–H groups in total. The van der Waals surface area contributed by atoms with Gasteiger partial charge in [-0.3, -0.25) is 15.0 Å². The summed E-state index contributed by atoms with van der Waals surface area (Å²) in [5, 5.41) is 11.0. The van der Waals surface area contributed by atoms with Crippen molar-refractivity contribution in [1.29, 1.82) is 0 Å². The third kappa shape index (κ3) is 4.07. The van der Waals surface area contributed by atoms with E-state index in [0.29, 0.717) is 5.52 Å². The zero-order chi connectivity index (χ0) is 27.2. The number of halogens is 4. The lowest BCUT2D eigenvalue weighted by atomic mass is 9.92. The van der Waals surface area contributed by atoms with Gasteiger partial charge in [0, 0.05) is 22.3 Å². The number of imidazole rings is 1. The molecule has 4 aromatic rings. The van der Waals surface area contributed by atoms with E-state index in [1.165, 1.54) is 60.7 Å². The van der Waals surface area contributed by atoms with E-state index in [9.17, 15) is 31.9 Å². The summed E-state index contributed by atoms with van der Waals surface area (Å²) in [5.41, 5.74) is -2.33. The molecule has 1 unspecified atom stereocenters. The van der Waals surface area contributed by atoms with Crippen LogP contribution in [0.15, 0.2) is 66.7 Å². The molecule has 2 amide bonds. The summed E-state index contributed by atoms with van der Waals surface area (Å²) in [6, 6.07) is 14.9. The molecule has 13 heteroatoms. The Hall–Kier alpha value is -4.94. The van der Waals surface area contributed by atoms with E-state index in [1.807, 2.05) is 5.32 Å². The largest absolute Gasteiger partial charge is 0.491 e. The van der Waals surface area contributed by atoms with E-state index < -0.39 is 42.2 Å². The highest BCUT2D eigenvalue weighted by molar-refractivity contribution is 6.01. The number of benzene rings is 3. The number of hydrogen-bond acceptors (Lipinski definition) is 5. The fourth-order valence-corrected chi connectivity index (χ4v) is 4.43. The molecule has 0 fully saturated rings. The summed E-state index contributed by atoms with van der Waals surface area (Å²) in [6.07, 6.45) is -6.84. The van der Waals surface area contributed by atoms with Crippen molar-refractivity contribution >= 4 is 35.0 Å². The molecule has 0 spiro atoms. The van der Waals surface area contributed by atoms with Gasteiger partial charge in [0.2, 0.25) is 11.7 Å². The third-order valence-electron chi connectivity index (χ3n) is 6.01. The maximum absolute atomic E-state index is 14.6. The van der Waals surface area contributed by atoms with Crippen LogP contribution in [0.1, 0.15) is 27.0 Å². The number of alkyl halides is 3. The van der Waals surface area contributed by atoms with E-state index in [1.54, 1.807) is 0 Å². The van der Waals surface area contributed by atoms with Gasteiger partial charge < -0.3 is 14.8 Å². The van der Waals surface area contributed by atoms with Gasteiger partial charge in [-0.25, -0.2) is 19.0 Å². The predicted octanol–water partition coefficient (Wildman–Crippen LogP) is 4.75. The molecule has 2 heterocycles.